The van der Waals surface area contributed by atoms with E-state index >= 15 is 0 Å². The van der Waals surface area contributed by atoms with Gasteiger partial charge in [0, 0.05) is 17.1 Å². The van der Waals surface area contributed by atoms with E-state index in [4.69, 9.17) is 27.9 Å². The molecule has 1 aromatic carbocycles. The zero-order valence-corrected chi connectivity index (χ0v) is 13.5. The van der Waals surface area contributed by atoms with Crippen molar-refractivity contribution in [2.75, 3.05) is 13.2 Å². The molecule has 0 aliphatic carbocycles. The Morgan fingerprint density at radius 1 is 1.48 bits per heavy atom. The fourth-order valence-electron chi connectivity index (χ4n) is 2.37. The summed E-state index contributed by atoms with van der Waals surface area (Å²) in [5.74, 6) is 0.544. The number of nitrogens with one attached hydrogen (secondary N) is 2. The maximum absolute atomic E-state index is 11.9. The first-order valence-electron chi connectivity index (χ1n) is 7.17. The topological polar surface area (TPSA) is 50.4 Å². The van der Waals surface area contributed by atoms with Crippen molar-refractivity contribution in [3.8, 4) is 5.75 Å². The largest absolute Gasteiger partial charge is 0.491 e. The summed E-state index contributed by atoms with van der Waals surface area (Å²) in [6, 6.07) is 5.54. The van der Waals surface area contributed by atoms with Crippen molar-refractivity contribution in [1.82, 2.24) is 10.6 Å². The summed E-state index contributed by atoms with van der Waals surface area (Å²) in [6.45, 7) is 3.40. The van der Waals surface area contributed by atoms with Crippen LogP contribution in [0.5, 0.6) is 5.75 Å². The van der Waals surface area contributed by atoms with Crippen LogP contribution in [0.1, 0.15) is 26.2 Å². The minimum absolute atomic E-state index is 0.000589. The van der Waals surface area contributed by atoms with Crippen molar-refractivity contribution >= 4 is 29.1 Å². The average molecular weight is 331 g/mol. The molecule has 1 aliphatic rings. The molecule has 2 N–H and O–H groups in total. The summed E-state index contributed by atoms with van der Waals surface area (Å²) in [7, 11) is 0. The molecule has 21 heavy (non-hydrogen) atoms. The Morgan fingerprint density at radius 2 is 2.29 bits per heavy atom. The number of halogens is 2. The quantitative estimate of drug-likeness (QED) is 0.872. The second-order valence-electron chi connectivity index (χ2n) is 5.23. The fourth-order valence-corrected chi connectivity index (χ4v) is 2.83. The Bertz CT molecular complexity index is 497. The van der Waals surface area contributed by atoms with Gasteiger partial charge in [0.1, 0.15) is 5.75 Å². The SMILES string of the molecule is CC1NCCCC1NC(=O)CCOc1ccc(Cl)cc1Cl. The average Bonchev–Trinajstić information content (AvgIpc) is 2.44. The fraction of sp³-hybridized carbons (Fsp3) is 0.533. The van der Waals surface area contributed by atoms with Gasteiger partial charge in [0.05, 0.1) is 18.1 Å². The highest BCUT2D eigenvalue weighted by molar-refractivity contribution is 6.35. The Morgan fingerprint density at radius 3 is 3.00 bits per heavy atom. The van der Waals surface area contributed by atoms with Crippen LogP contribution < -0.4 is 15.4 Å². The number of hydrogen-bond acceptors (Lipinski definition) is 3. The van der Waals surface area contributed by atoms with Crippen molar-refractivity contribution in [1.29, 1.82) is 0 Å². The molecular formula is C15H20Cl2N2O2. The monoisotopic (exact) mass is 330 g/mol. The van der Waals surface area contributed by atoms with E-state index in [0.717, 1.165) is 19.4 Å². The maximum Gasteiger partial charge on any atom is 0.223 e. The van der Waals surface area contributed by atoms with Crippen molar-refractivity contribution in [2.24, 2.45) is 0 Å². The van der Waals surface area contributed by atoms with E-state index in [0.29, 0.717) is 34.9 Å². The molecule has 1 fully saturated rings. The third-order valence-electron chi connectivity index (χ3n) is 3.59. The van der Waals surface area contributed by atoms with Gasteiger partial charge in [0.25, 0.3) is 0 Å². The normalized spacial score (nSPS) is 21.9. The first kappa shape index (κ1) is 16.4. The maximum atomic E-state index is 11.9. The van der Waals surface area contributed by atoms with E-state index in [1.54, 1.807) is 18.2 Å². The smallest absolute Gasteiger partial charge is 0.223 e. The minimum atomic E-state index is 0.000589. The molecule has 0 saturated carbocycles. The highest BCUT2D eigenvalue weighted by Gasteiger charge is 2.22. The lowest BCUT2D eigenvalue weighted by atomic mass is 10.00. The molecule has 2 unspecified atom stereocenters. The van der Waals surface area contributed by atoms with Gasteiger partial charge in [-0.3, -0.25) is 4.79 Å². The molecule has 2 rings (SSSR count). The number of hydrogen-bond donors (Lipinski definition) is 2. The van der Waals surface area contributed by atoms with Gasteiger partial charge in [-0.05, 0) is 44.5 Å². The first-order chi connectivity index (χ1) is 10.1. The molecule has 1 amide bonds. The van der Waals surface area contributed by atoms with Crippen LogP contribution in [0.2, 0.25) is 10.0 Å². The molecule has 0 aromatic heterocycles. The Labute approximate surface area is 135 Å². The molecule has 0 radical (unpaired) electrons. The predicted octanol–water partition coefficient (Wildman–Crippen LogP) is 3.02. The lowest BCUT2D eigenvalue weighted by Gasteiger charge is -2.30. The van der Waals surface area contributed by atoms with E-state index in [1.807, 2.05) is 0 Å². The van der Waals surface area contributed by atoms with Crippen LogP contribution in [-0.4, -0.2) is 31.1 Å². The van der Waals surface area contributed by atoms with Crippen molar-refractivity contribution < 1.29 is 9.53 Å². The van der Waals surface area contributed by atoms with Crippen LogP contribution in [0.25, 0.3) is 0 Å². The number of benzene rings is 1. The van der Waals surface area contributed by atoms with Crippen molar-refractivity contribution in [3.63, 3.8) is 0 Å². The third-order valence-corrected chi connectivity index (χ3v) is 4.12. The summed E-state index contributed by atoms with van der Waals surface area (Å²) in [5.41, 5.74) is 0. The van der Waals surface area contributed by atoms with Crippen molar-refractivity contribution in [3.05, 3.63) is 28.2 Å². The zero-order chi connectivity index (χ0) is 15.2. The summed E-state index contributed by atoms with van der Waals surface area (Å²) < 4.78 is 5.51. The summed E-state index contributed by atoms with van der Waals surface area (Å²) in [6.07, 6.45) is 2.41. The minimum Gasteiger partial charge on any atom is -0.491 e. The van der Waals surface area contributed by atoms with Gasteiger partial charge in [-0.25, -0.2) is 0 Å². The second kappa shape index (κ2) is 7.87. The van der Waals surface area contributed by atoms with Gasteiger partial charge in [-0.2, -0.15) is 0 Å². The number of ether oxygens (including phenoxy) is 1. The number of amides is 1. The van der Waals surface area contributed by atoms with Crippen LogP contribution >= 0.6 is 23.2 Å². The van der Waals surface area contributed by atoms with Crippen LogP contribution in [0.4, 0.5) is 0 Å². The van der Waals surface area contributed by atoms with E-state index in [2.05, 4.69) is 17.6 Å². The molecule has 4 nitrogen and oxygen atoms in total. The van der Waals surface area contributed by atoms with Gasteiger partial charge in [-0.1, -0.05) is 23.2 Å². The van der Waals surface area contributed by atoms with E-state index in [9.17, 15) is 4.79 Å². The Balaban J connectivity index is 1.73. The first-order valence-corrected chi connectivity index (χ1v) is 7.92. The van der Waals surface area contributed by atoms with Crippen LogP contribution in [0, 0.1) is 0 Å². The third kappa shape index (κ3) is 5.06. The van der Waals surface area contributed by atoms with Crippen LogP contribution in [0.3, 0.4) is 0 Å². The van der Waals surface area contributed by atoms with Gasteiger partial charge < -0.3 is 15.4 Å². The number of carbonyl (C=O) groups is 1. The highest BCUT2D eigenvalue weighted by Crippen LogP contribution is 2.27. The van der Waals surface area contributed by atoms with Crippen molar-refractivity contribution in [2.45, 2.75) is 38.3 Å². The molecule has 1 aliphatic heterocycles. The molecule has 2 atom stereocenters. The molecular weight excluding hydrogens is 311 g/mol. The number of carbonyl (C=O) groups excluding carboxylic acids is 1. The van der Waals surface area contributed by atoms with Crippen LogP contribution in [-0.2, 0) is 4.79 Å². The summed E-state index contributed by atoms with van der Waals surface area (Å²) in [4.78, 5) is 11.9. The Kier molecular flexibility index (Phi) is 6.15. The van der Waals surface area contributed by atoms with Gasteiger partial charge in [0.15, 0.2) is 0 Å². The van der Waals surface area contributed by atoms with Gasteiger partial charge in [0.2, 0.25) is 5.91 Å². The number of piperidine rings is 1. The van der Waals surface area contributed by atoms with E-state index in [-0.39, 0.29) is 11.9 Å². The lowest BCUT2D eigenvalue weighted by molar-refractivity contribution is -0.122. The zero-order valence-electron chi connectivity index (χ0n) is 12.0. The molecule has 1 saturated heterocycles. The number of rotatable bonds is 5. The van der Waals surface area contributed by atoms with E-state index in [1.165, 1.54) is 0 Å². The second-order valence-corrected chi connectivity index (χ2v) is 6.08. The highest BCUT2D eigenvalue weighted by atomic mass is 35.5. The lowest BCUT2D eigenvalue weighted by Crippen LogP contribution is -2.52. The molecule has 0 bridgehead atoms. The van der Waals surface area contributed by atoms with Gasteiger partial charge in [-0.15, -0.1) is 0 Å². The standard InChI is InChI=1S/C15H20Cl2N2O2/c1-10-13(3-2-7-18-10)19-15(20)6-8-21-14-5-4-11(16)9-12(14)17/h4-5,9-10,13,18H,2-3,6-8H2,1H3,(H,19,20). The van der Waals surface area contributed by atoms with E-state index < -0.39 is 0 Å². The molecule has 6 heteroatoms. The molecule has 116 valence electrons. The molecule has 1 heterocycles. The molecule has 0 spiro atoms. The summed E-state index contributed by atoms with van der Waals surface area (Å²) in [5, 5.41) is 7.41. The predicted molar refractivity (Wildman–Crippen MR) is 85.2 cm³/mol. The Hall–Kier alpha value is -0.970. The summed E-state index contributed by atoms with van der Waals surface area (Å²) >= 11 is 11.8. The van der Waals surface area contributed by atoms with Gasteiger partial charge >= 0.3 is 0 Å². The molecule has 1 aromatic rings. The van der Waals surface area contributed by atoms with Crippen LogP contribution in [0.15, 0.2) is 18.2 Å².